The lowest BCUT2D eigenvalue weighted by atomic mass is 10.0. The van der Waals surface area contributed by atoms with Gasteiger partial charge < -0.3 is 15.2 Å². The number of carbonyl (C=O) groups is 2. The number of hydrogen-bond acceptors (Lipinski definition) is 5. The average molecular weight is 497 g/mol. The predicted octanol–water partition coefficient (Wildman–Crippen LogP) is 5.27. The first-order chi connectivity index (χ1) is 17.9. The van der Waals surface area contributed by atoms with E-state index >= 15 is 0 Å². The second kappa shape index (κ2) is 11.6. The maximum Gasteiger partial charge on any atom is 0.326 e. The van der Waals surface area contributed by atoms with E-state index < -0.39 is 22.8 Å². The zero-order valence-corrected chi connectivity index (χ0v) is 19.7. The quantitative estimate of drug-likeness (QED) is 0.228. The van der Waals surface area contributed by atoms with Crippen LogP contribution in [0.5, 0.6) is 5.75 Å². The average Bonchev–Trinajstić information content (AvgIpc) is 2.92. The van der Waals surface area contributed by atoms with Crippen LogP contribution in [0.25, 0.3) is 11.1 Å². The number of carbonyl (C=O) groups excluding carboxylic acids is 1. The number of carboxylic acids is 1. The lowest BCUT2D eigenvalue weighted by molar-refractivity contribution is -0.384. The Bertz CT molecular complexity index is 1390. The van der Waals surface area contributed by atoms with Crippen molar-refractivity contribution in [2.75, 3.05) is 0 Å². The molecule has 0 aliphatic rings. The molecule has 0 bridgehead atoms. The van der Waals surface area contributed by atoms with Crippen LogP contribution in [0.15, 0.2) is 103 Å². The molecule has 0 spiro atoms. The van der Waals surface area contributed by atoms with Crippen molar-refractivity contribution in [1.29, 1.82) is 0 Å². The molecule has 1 amide bonds. The fourth-order valence-corrected chi connectivity index (χ4v) is 3.78. The van der Waals surface area contributed by atoms with Gasteiger partial charge in [-0.25, -0.2) is 4.79 Å². The van der Waals surface area contributed by atoms with Gasteiger partial charge in [-0.05, 0) is 46.5 Å². The van der Waals surface area contributed by atoms with Crippen molar-refractivity contribution in [3.63, 3.8) is 0 Å². The summed E-state index contributed by atoms with van der Waals surface area (Å²) >= 11 is 0. The standard InChI is InChI=1S/C29H24N2O6/c32-28(30-27(29(33)34)18-20-5-2-1-3-6-20)24-11-9-22(10-12-24)23-13-15-26(16-14-23)37-19-21-7-4-8-25(17-21)31(35)36/h1-17,27H,18-19H2,(H,30,32)(H,33,34). The summed E-state index contributed by atoms with van der Waals surface area (Å²) in [5.41, 5.74) is 3.68. The Morgan fingerprint density at radius 1 is 0.838 bits per heavy atom. The number of hydrogen-bond donors (Lipinski definition) is 2. The van der Waals surface area contributed by atoms with Gasteiger partial charge in [0.25, 0.3) is 11.6 Å². The molecule has 2 N–H and O–H groups in total. The Hall–Kier alpha value is -4.98. The molecule has 4 aromatic carbocycles. The molecule has 4 aromatic rings. The molecule has 0 aliphatic carbocycles. The highest BCUT2D eigenvalue weighted by Gasteiger charge is 2.21. The van der Waals surface area contributed by atoms with Gasteiger partial charge >= 0.3 is 5.97 Å². The summed E-state index contributed by atoms with van der Waals surface area (Å²) < 4.78 is 5.74. The summed E-state index contributed by atoms with van der Waals surface area (Å²) in [5.74, 6) is -0.939. The maximum atomic E-state index is 12.7. The molecule has 0 saturated carbocycles. The van der Waals surface area contributed by atoms with Gasteiger partial charge in [0, 0.05) is 24.1 Å². The van der Waals surface area contributed by atoms with Crippen LogP contribution in [0, 0.1) is 10.1 Å². The second-order valence-electron chi connectivity index (χ2n) is 8.37. The number of aliphatic carboxylic acids is 1. The monoisotopic (exact) mass is 496 g/mol. The van der Waals surface area contributed by atoms with Crippen LogP contribution in [-0.2, 0) is 17.8 Å². The summed E-state index contributed by atoms with van der Waals surface area (Å²) in [4.78, 5) is 34.8. The summed E-state index contributed by atoms with van der Waals surface area (Å²) in [7, 11) is 0. The number of nitrogens with zero attached hydrogens (tertiary/aromatic N) is 1. The van der Waals surface area contributed by atoms with E-state index in [-0.39, 0.29) is 18.7 Å². The van der Waals surface area contributed by atoms with E-state index in [0.29, 0.717) is 16.9 Å². The third-order valence-corrected chi connectivity index (χ3v) is 5.75. The Balaban J connectivity index is 1.36. The first-order valence-electron chi connectivity index (χ1n) is 11.5. The van der Waals surface area contributed by atoms with Crippen LogP contribution in [0.3, 0.4) is 0 Å². The minimum Gasteiger partial charge on any atom is -0.489 e. The number of nitro benzene ring substituents is 1. The lowest BCUT2D eigenvalue weighted by Gasteiger charge is -2.15. The largest absolute Gasteiger partial charge is 0.489 e. The molecule has 4 rings (SSSR count). The molecule has 1 atom stereocenters. The molecule has 0 radical (unpaired) electrons. The van der Waals surface area contributed by atoms with Gasteiger partial charge in [-0.3, -0.25) is 14.9 Å². The predicted molar refractivity (Wildman–Crippen MR) is 138 cm³/mol. The maximum absolute atomic E-state index is 12.7. The Kier molecular flexibility index (Phi) is 7.90. The number of rotatable bonds is 10. The van der Waals surface area contributed by atoms with Gasteiger partial charge in [-0.1, -0.05) is 66.7 Å². The van der Waals surface area contributed by atoms with Gasteiger partial charge in [0.05, 0.1) is 4.92 Å². The zero-order chi connectivity index (χ0) is 26.2. The Morgan fingerprint density at radius 2 is 1.46 bits per heavy atom. The van der Waals surface area contributed by atoms with Crippen molar-refractivity contribution in [2.24, 2.45) is 0 Å². The third-order valence-electron chi connectivity index (χ3n) is 5.75. The lowest BCUT2D eigenvalue weighted by Crippen LogP contribution is -2.42. The SMILES string of the molecule is O=C(NC(Cc1ccccc1)C(=O)O)c1ccc(-c2ccc(OCc3cccc([N+](=O)[O-])c3)cc2)cc1. The van der Waals surface area contributed by atoms with Gasteiger partial charge in [-0.2, -0.15) is 0 Å². The second-order valence-corrected chi connectivity index (χ2v) is 8.37. The minimum absolute atomic E-state index is 0.0169. The summed E-state index contributed by atoms with van der Waals surface area (Å²) in [6.07, 6.45) is 0.190. The molecule has 37 heavy (non-hydrogen) atoms. The summed E-state index contributed by atoms with van der Waals surface area (Å²) in [6, 6.07) is 28.6. The first-order valence-corrected chi connectivity index (χ1v) is 11.5. The third kappa shape index (κ3) is 6.79. The van der Waals surface area contributed by atoms with Gasteiger partial charge in [0.2, 0.25) is 0 Å². The summed E-state index contributed by atoms with van der Waals surface area (Å²) in [5, 5.41) is 23.0. The van der Waals surface area contributed by atoms with Gasteiger partial charge in [0.1, 0.15) is 18.4 Å². The smallest absolute Gasteiger partial charge is 0.326 e. The number of nitrogens with one attached hydrogen (secondary N) is 1. The van der Waals surface area contributed by atoms with Crippen LogP contribution in [0.1, 0.15) is 21.5 Å². The molecule has 1 unspecified atom stereocenters. The molecular formula is C29H24N2O6. The van der Waals surface area contributed by atoms with E-state index in [1.165, 1.54) is 12.1 Å². The van der Waals surface area contributed by atoms with Crippen LogP contribution in [0.4, 0.5) is 5.69 Å². The molecule has 0 aliphatic heterocycles. The van der Waals surface area contributed by atoms with E-state index in [1.807, 2.05) is 42.5 Å². The van der Waals surface area contributed by atoms with Crippen molar-refractivity contribution < 1.29 is 24.4 Å². The number of non-ortho nitro benzene ring substituents is 1. The normalized spacial score (nSPS) is 11.4. The van der Waals surface area contributed by atoms with Crippen molar-refractivity contribution >= 4 is 17.6 Å². The highest BCUT2D eigenvalue weighted by molar-refractivity contribution is 5.97. The number of amides is 1. The van der Waals surface area contributed by atoms with Crippen LogP contribution in [-0.4, -0.2) is 27.9 Å². The Morgan fingerprint density at radius 3 is 2.08 bits per heavy atom. The number of carboxylic acid groups (broad SMARTS) is 1. The molecule has 186 valence electrons. The van der Waals surface area contributed by atoms with E-state index in [4.69, 9.17) is 4.74 Å². The zero-order valence-electron chi connectivity index (χ0n) is 19.7. The van der Waals surface area contributed by atoms with Crippen molar-refractivity contribution in [2.45, 2.75) is 19.1 Å². The summed E-state index contributed by atoms with van der Waals surface area (Å²) in [6.45, 7) is 0.201. The number of ether oxygens (including phenoxy) is 1. The van der Waals surface area contributed by atoms with Crippen molar-refractivity contribution in [1.82, 2.24) is 5.32 Å². The molecule has 0 heterocycles. The Labute approximate surface area is 213 Å². The number of benzene rings is 4. The highest BCUT2D eigenvalue weighted by atomic mass is 16.6. The van der Waals surface area contributed by atoms with E-state index in [9.17, 15) is 24.8 Å². The fraction of sp³-hybridized carbons (Fsp3) is 0.103. The van der Waals surface area contributed by atoms with Gasteiger partial charge in [-0.15, -0.1) is 0 Å². The van der Waals surface area contributed by atoms with Crippen LogP contribution < -0.4 is 10.1 Å². The fourth-order valence-electron chi connectivity index (χ4n) is 3.78. The molecule has 0 fully saturated rings. The first kappa shape index (κ1) is 25.1. The molecular weight excluding hydrogens is 472 g/mol. The molecule has 0 saturated heterocycles. The topological polar surface area (TPSA) is 119 Å². The molecule has 8 heteroatoms. The van der Waals surface area contributed by atoms with E-state index in [1.54, 1.807) is 48.5 Å². The molecule has 0 aromatic heterocycles. The van der Waals surface area contributed by atoms with Crippen LogP contribution >= 0.6 is 0 Å². The highest BCUT2D eigenvalue weighted by Crippen LogP contribution is 2.24. The molecule has 8 nitrogen and oxygen atoms in total. The van der Waals surface area contributed by atoms with Gasteiger partial charge in [0.15, 0.2) is 0 Å². The van der Waals surface area contributed by atoms with Crippen molar-refractivity contribution in [3.05, 3.63) is 130 Å². The minimum atomic E-state index is -1.10. The van der Waals surface area contributed by atoms with Crippen LogP contribution in [0.2, 0.25) is 0 Å². The van der Waals surface area contributed by atoms with E-state index in [0.717, 1.165) is 16.7 Å². The number of nitro groups is 1. The van der Waals surface area contributed by atoms with E-state index in [2.05, 4.69) is 5.32 Å². The van der Waals surface area contributed by atoms with Crippen molar-refractivity contribution in [3.8, 4) is 16.9 Å².